The fourth-order valence-corrected chi connectivity index (χ4v) is 4.26. The molecule has 0 bridgehead atoms. The van der Waals surface area contributed by atoms with E-state index in [0.29, 0.717) is 11.1 Å². The molecule has 0 spiro atoms. The average molecular weight is 526 g/mol. The molecule has 0 saturated carbocycles. The number of amides is 4. The largest absolute Gasteiger partial charge is 0.462 e. The Morgan fingerprint density at radius 1 is 0.972 bits per heavy atom. The van der Waals surface area contributed by atoms with Crippen molar-refractivity contribution in [2.75, 3.05) is 11.5 Å². The maximum Gasteiger partial charge on any atom is 0.338 e. The Bertz CT molecular complexity index is 1440. The number of carbonyl (C=O) groups is 4. The predicted molar refractivity (Wildman–Crippen MR) is 137 cm³/mol. The molecule has 1 aliphatic rings. The molecule has 8 nitrogen and oxygen atoms in total. The molecular weight excluding hydrogens is 505 g/mol. The molecule has 0 unspecified atom stereocenters. The summed E-state index contributed by atoms with van der Waals surface area (Å²) in [6.45, 7) is 5.75. The first-order valence-electron chi connectivity index (χ1n) is 11.0. The Balaban J connectivity index is 1.70. The van der Waals surface area contributed by atoms with Gasteiger partial charge in [-0.25, -0.2) is 14.5 Å². The zero-order chi connectivity index (χ0) is 26.1. The Kier molecular flexibility index (Phi) is 7.01. The van der Waals surface area contributed by atoms with E-state index in [0.717, 1.165) is 22.0 Å². The van der Waals surface area contributed by atoms with Crippen molar-refractivity contribution in [3.63, 3.8) is 0 Å². The lowest BCUT2D eigenvalue weighted by Crippen LogP contribution is -2.54. The van der Waals surface area contributed by atoms with Crippen LogP contribution in [0.15, 0.2) is 54.1 Å². The van der Waals surface area contributed by atoms with Gasteiger partial charge in [-0.15, -0.1) is 0 Å². The highest BCUT2D eigenvalue weighted by atomic mass is 35.5. The lowest BCUT2D eigenvalue weighted by Gasteiger charge is -2.26. The molecule has 1 N–H and O–H groups in total. The van der Waals surface area contributed by atoms with E-state index in [-0.39, 0.29) is 27.9 Å². The van der Waals surface area contributed by atoms with Crippen LogP contribution in [-0.4, -0.2) is 35.0 Å². The number of carbonyl (C=O) groups excluding carboxylic acids is 4. The molecule has 4 amide bonds. The second-order valence-electron chi connectivity index (χ2n) is 7.99. The topological polar surface area (TPSA) is 97.7 Å². The summed E-state index contributed by atoms with van der Waals surface area (Å²) in [5.74, 6) is -1.99. The summed E-state index contributed by atoms with van der Waals surface area (Å²) < 4.78 is 6.95. The zero-order valence-electron chi connectivity index (χ0n) is 19.6. The standard InChI is InChI=1S/C26H21Cl2N3O5/c1-4-36-25(34)16-5-7-18(8-6-16)30-14(2)11-17(15(30)3)12-20-23(32)29-26(35)31(24(20)33)19-9-10-21(27)22(28)13-19/h5-13H,4H2,1-3H3,(H,29,32,35)/b20-12+. The Morgan fingerprint density at radius 2 is 1.64 bits per heavy atom. The van der Waals surface area contributed by atoms with Gasteiger partial charge in [-0.3, -0.25) is 14.9 Å². The van der Waals surface area contributed by atoms with Crippen molar-refractivity contribution in [1.29, 1.82) is 0 Å². The molecule has 1 aliphatic heterocycles. The second-order valence-corrected chi connectivity index (χ2v) is 8.80. The number of hydrogen-bond donors (Lipinski definition) is 1. The highest BCUT2D eigenvalue weighted by Gasteiger charge is 2.37. The molecular formula is C26H21Cl2N3O5. The fourth-order valence-electron chi connectivity index (χ4n) is 3.96. The molecule has 10 heteroatoms. The molecule has 1 saturated heterocycles. The van der Waals surface area contributed by atoms with Gasteiger partial charge in [0.05, 0.1) is 27.9 Å². The molecule has 1 fully saturated rings. The van der Waals surface area contributed by atoms with Crippen molar-refractivity contribution in [1.82, 2.24) is 9.88 Å². The van der Waals surface area contributed by atoms with Gasteiger partial charge in [0.2, 0.25) is 0 Å². The Labute approximate surface area is 217 Å². The first-order valence-corrected chi connectivity index (χ1v) is 11.7. The quantitative estimate of drug-likeness (QED) is 0.279. The van der Waals surface area contributed by atoms with E-state index in [1.807, 2.05) is 24.5 Å². The number of urea groups is 1. The van der Waals surface area contributed by atoms with E-state index in [9.17, 15) is 19.2 Å². The molecule has 0 radical (unpaired) electrons. The summed E-state index contributed by atoms with van der Waals surface area (Å²) in [6, 6.07) is 12.1. The van der Waals surface area contributed by atoms with Crippen molar-refractivity contribution in [3.05, 3.63) is 86.7 Å². The first-order chi connectivity index (χ1) is 17.1. The molecule has 3 aromatic rings. The monoisotopic (exact) mass is 525 g/mol. The average Bonchev–Trinajstić information content (AvgIpc) is 3.11. The van der Waals surface area contributed by atoms with Crippen LogP contribution in [0, 0.1) is 13.8 Å². The normalized spacial score (nSPS) is 14.9. The van der Waals surface area contributed by atoms with E-state index in [1.165, 1.54) is 24.3 Å². The number of hydrogen-bond acceptors (Lipinski definition) is 5. The van der Waals surface area contributed by atoms with Crippen molar-refractivity contribution in [2.45, 2.75) is 20.8 Å². The van der Waals surface area contributed by atoms with Crippen LogP contribution >= 0.6 is 23.2 Å². The van der Waals surface area contributed by atoms with E-state index in [4.69, 9.17) is 27.9 Å². The number of halogens is 2. The van der Waals surface area contributed by atoms with E-state index in [1.54, 1.807) is 31.2 Å². The van der Waals surface area contributed by atoms with Crippen LogP contribution < -0.4 is 10.2 Å². The van der Waals surface area contributed by atoms with Gasteiger partial charge in [0.15, 0.2) is 0 Å². The number of esters is 1. The van der Waals surface area contributed by atoms with Crippen molar-refractivity contribution >= 4 is 58.8 Å². The fraction of sp³-hybridized carbons (Fsp3) is 0.154. The molecule has 2 heterocycles. The number of anilines is 1. The summed E-state index contributed by atoms with van der Waals surface area (Å²) in [7, 11) is 0. The van der Waals surface area contributed by atoms with Crippen LogP contribution in [0.5, 0.6) is 0 Å². The minimum atomic E-state index is -0.882. The molecule has 1 aromatic heterocycles. The van der Waals surface area contributed by atoms with E-state index >= 15 is 0 Å². The highest BCUT2D eigenvalue weighted by molar-refractivity contribution is 6.43. The van der Waals surface area contributed by atoms with Gasteiger partial charge >= 0.3 is 12.0 Å². The number of aryl methyl sites for hydroxylation is 1. The minimum absolute atomic E-state index is 0.162. The van der Waals surface area contributed by atoms with Gasteiger partial charge < -0.3 is 9.30 Å². The smallest absolute Gasteiger partial charge is 0.338 e. The number of rotatable bonds is 5. The van der Waals surface area contributed by atoms with Crippen molar-refractivity contribution < 1.29 is 23.9 Å². The third-order valence-electron chi connectivity index (χ3n) is 5.67. The number of nitrogens with one attached hydrogen (secondary N) is 1. The Morgan fingerprint density at radius 3 is 2.28 bits per heavy atom. The van der Waals surface area contributed by atoms with Gasteiger partial charge in [0, 0.05) is 17.1 Å². The second kappa shape index (κ2) is 10.0. The summed E-state index contributed by atoms with van der Waals surface area (Å²) in [5.41, 5.74) is 3.39. The van der Waals surface area contributed by atoms with Crippen LogP contribution in [0.1, 0.15) is 34.2 Å². The van der Waals surface area contributed by atoms with Crippen LogP contribution in [0.25, 0.3) is 11.8 Å². The first kappa shape index (κ1) is 25.2. The Hall–Kier alpha value is -3.88. The molecule has 184 valence electrons. The lowest BCUT2D eigenvalue weighted by atomic mass is 10.1. The lowest BCUT2D eigenvalue weighted by molar-refractivity contribution is -0.122. The number of aromatic nitrogens is 1. The minimum Gasteiger partial charge on any atom is -0.462 e. The number of barbiturate groups is 1. The van der Waals surface area contributed by atoms with Gasteiger partial charge in [0.25, 0.3) is 11.8 Å². The van der Waals surface area contributed by atoms with Gasteiger partial charge in [-0.1, -0.05) is 23.2 Å². The maximum absolute atomic E-state index is 13.2. The van der Waals surface area contributed by atoms with Crippen molar-refractivity contribution in [3.8, 4) is 5.69 Å². The number of nitrogens with zero attached hydrogens (tertiary/aromatic N) is 2. The van der Waals surface area contributed by atoms with Gasteiger partial charge in [-0.05, 0) is 80.9 Å². The molecule has 0 atom stereocenters. The van der Waals surface area contributed by atoms with Crippen LogP contribution in [-0.2, 0) is 14.3 Å². The SMILES string of the molecule is CCOC(=O)c1ccc(-n2c(C)cc(/C=C3\C(=O)NC(=O)N(c4ccc(Cl)c(Cl)c4)C3=O)c2C)cc1. The number of benzene rings is 2. The summed E-state index contributed by atoms with van der Waals surface area (Å²) in [4.78, 5) is 51.1. The third kappa shape index (κ3) is 4.65. The summed E-state index contributed by atoms with van der Waals surface area (Å²) in [6.07, 6.45) is 1.44. The third-order valence-corrected chi connectivity index (χ3v) is 6.41. The predicted octanol–water partition coefficient (Wildman–Crippen LogP) is 5.24. The molecule has 36 heavy (non-hydrogen) atoms. The van der Waals surface area contributed by atoms with Crippen molar-refractivity contribution in [2.24, 2.45) is 0 Å². The van der Waals surface area contributed by atoms with E-state index in [2.05, 4.69) is 5.32 Å². The summed E-state index contributed by atoms with van der Waals surface area (Å²) >= 11 is 12.0. The maximum atomic E-state index is 13.2. The molecule has 0 aliphatic carbocycles. The van der Waals surface area contributed by atoms with Crippen LogP contribution in [0.3, 0.4) is 0 Å². The number of imide groups is 2. The van der Waals surface area contributed by atoms with Crippen LogP contribution in [0.2, 0.25) is 10.0 Å². The highest BCUT2D eigenvalue weighted by Crippen LogP contribution is 2.30. The molecule has 2 aromatic carbocycles. The van der Waals surface area contributed by atoms with E-state index < -0.39 is 23.8 Å². The molecule has 4 rings (SSSR count). The van der Waals surface area contributed by atoms with Crippen LogP contribution in [0.4, 0.5) is 10.5 Å². The van der Waals surface area contributed by atoms with Gasteiger partial charge in [-0.2, -0.15) is 0 Å². The van der Waals surface area contributed by atoms with Gasteiger partial charge in [0.1, 0.15) is 5.57 Å². The number of ether oxygens (including phenoxy) is 1. The summed E-state index contributed by atoms with van der Waals surface area (Å²) in [5, 5.41) is 2.62. The zero-order valence-corrected chi connectivity index (χ0v) is 21.1.